The number of methoxy groups -OCH3 is 1. The molecule has 0 aliphatic rings. The predicted molar refractivity (Wildman–Crippen MR) is 121 cm³/mol. The monoisotopic (exact) mass is 473 g/mol. The summed E-state index contributed by atoms with van der Waals surface area (Å²) in [4.78, 5) is 29.9. The number of nitrogens with zero attached hydrogens (tertiary/aromatic N) is 2. The molecule has 4 rings (SSSR count). The maximum atomic E-state index is 13.8. The minimum absolute atomic E-state index is 0.00888. The number of ether oxygens (including phenoxy) is 1. The normalized spacial score (nSPS) is 11.0. The first kappa shape index (κ1) is 22.0. The third kappa shape index (κ3) is 4.81. The summed E-state index contributed by atoms with van der Waals surface area (Å²) in [6, 6.07) is 11.8. The van der Waals surface area contributed by atoms with Gasteiger partial charge >= 0.3 is 0 Å². The van der Waals surface area contributed by atoms with Crippen molar-refractivity contribution in [3.05, 3.63) is 81.5 Å². The summed E-state index contributed by atoms with van der Waals surface area (Å²) in [6.07, 6.45) is 0. The number of aromatic nitrogens is 2. The molecule has 4 aromatic rings. The smallest absolute Gasteiger partial charge is 0.276 e. The number of hydrogen-bond donors (Lipinski definition) is 1. The van der Waals surface area contributed by atoms with Gasteiger partial charge in [-0.3, -0.25) is 14.2 Å². The van der Waals surface area contributed by atoms with Crippen molar-refractivity contribution in [3.8, 4) is 11.4 Å². The Bertz CT molecular complexity index is 1330. The van der Waals surface area contributed by atoms with Crippen LogP contribution in [0.2, 0.25) is 0 Å². The van der Waals surface area contributed by atoms with Crippen molar-refractivity contribution < 1.29 is 18.3 Å². The van der Waals surface area contributed by atoms with Gasteiger partial charge in [0.1, 0.15) is 22.1 Å². The van der Waals surface area contributed by atoms with E-state index < -0.39 is 17.2 Å². The molecule has 0 saturated carbocycles. The van der Waals surface area contributed by atoms with E-state index >= 15 is 0 Å². The van der Waals surface area contributed by atoms with Crippen LogP contribution in [0.25, 0.3) is 15.9 Å². The Hall–Kier alpha value is -3.24. The number of rotatable bonds is 7. The van der Waals surface area contributed by atoms with E-state index in [9.17, 15) is 18.4 Å². The minimum atomic E-state index is -0.815. The van der Waals surface area contributed by atoms with E-state index in [2.05, 4.69) is 10.3 Å². The van der Waals surface area contributed by atoms with Crippen LogP contribution in [0.1, 0.15) is 5.56 Å². The van der Waals surface area contributed by atoms with Gasteiger partial charge in [0.05, 0.1) is 24.1 Å². The Balaban J connectivity index is 1.57. The summed E-state index contributed by atoms with van der Waals surface area (Å²) in [5.74, 6) is -1.26. The van der Waals surface area contributed by atoms with Crippen molar-refractivity contribution in [3.63, 3.8) is 0 Å². The number of carbonyl (C=O) groups is 1. The molecule has 6 nitrogen and oxygen atoms in total. The molecule has 0 radical (unpaired) electrons. The number of carbonyl (C=O) groups excluding carboxylic acids is 1. The zero-order valence-electron chi connectivity index (χ0n) is 16.8. The zero-order valence-corrected chi connectivity index (χ0v) is 18.4. The Morgan fingerprint density at radius 2 is 1.97 bits per heavy atom. The number of halogens is 2. The summed E-state index contributed by atoms with van der Waals surface area (Å²) >= 11 is 2.20. The van der Waals surface area contributed by atoms with Gasteiger partial charge in [-0.1, -0.05) is 23.9 Å². The van der Waals surface area contributed by atoms with Crippen molar-refractivity contribution in [1.29, 1.82) is 0 Å². The number of thiophene rings is 1. The number of benzene rings is 2. The van der Waals surface area contributed by atoms with Crippen molar-refractivity contribution in [1.82, 2.24) is 14.9 Å². The Morgan fingerprint density at radius 3 is 2.72 bits per heavy atom. The van der Waals surface area contributed by atoms with Gasteiger partial charge in [0.2, 0.25) is 5.91 Å². The van der Waals surface area contributed by atoms with Crippen LogP contribution in [0.15, 0.2) is 63.9 Å². The van der Waals surface area contributed by atoms with Gasteiger partial charge in [-0.2, -0.15) is 0 Å². The average molecular weight is 474 g/mol. The number of hydrogen-bond acceptors (Lipinski definition) is 6. The lowest BCUT2D eigenvalue weighted by Gasteiger charge is -2.12. The average Bonchev–Trinajstić information content (AvgIpc) is 3.25. The molecule has 0 spiro atoms. The second-order valence-electron chi connectivity index (χ2n) is 6.71. The van der Waals surface area contributed by atoms with Crippen molar-refractivity contribution in [2.75, 3.05) is 12.9 Å². The molecule has 0 unspecified atom stereocenters. The third-order valence-corrected chi connectivity index (χ3v) is 6.34. The van der Waals surface area contributed by atoms with Crippen LogP contribution < -0.4 is 15.6 Å². The van der Waals surface area contributed by atoms with Gasteiger partial charge in [-0.15, -0.1) is 11.3 Å². The fourth-order valence-electron chi connectivity index (χ4n) is 3.05. The lowest BCUT2D eigenvalue weighted by atomic mass is 10.2. The van der Waals surface area contributed by atoms with E-state index in [-0.39, 0.29) is 22.5 Å². The Labute approximate surface area is 189 Å². The summed E-state index contributed by atoms with van der Waals surface area (Å²) in [5.41, 5.74) is 0.893. The topological polar surface area (TPSA) is 73.2 Å². The minimum Gasteiger partial charge on any atom is -0.497 e. The number of fused-ring (bicyclic) bond motifs is 1. The van der Waals surface area contributed by atoms with Crippen molar-refractivity contribution >= 4 is 39.2 Å². The van der Waals surface area contributed by atoms with Gasteiger partial charge in [0, 0.05) is 12.6 Å². The van der Waals surface area contributed by atoms with Crippen LogP contribution in [-0.4, -0.2) is 28.3 Å². The number of thioether (sulfide) groups is 1. The largest absolute Gasteiger partial charge is 0.497 e. The molecule has 1 amide bonds. The zero-order chi connectivity index (χ0) is 22.7. The van der Waals surface area contributed by atoms with E-state index in [1.165, 1.54) is 11.3 Å². The maximum Gasteiger partial charge on any atom is 0.276 e. The summed E-state index contributed by atoms with van der Waals surface area (Å²) < 4.78 is 34.3. The molecule has 2 aromatic heterocycles. The first-order valence-corrected chi connectivity index (χ1v) is 11.3. The van der Waals surface area contributed by atoms with Crippen LogP contribution in [0.4, 0.5) is 8.78 Å². The molecule has 164 valence electrons. The van der Waals surface area contributed by atoms with E-state index in [0.717, 1.165) is 40.1 Å². The molecule has 0 fully saturated rings. The fraction of sp³-hybridized carbons (Fsp3) is 0.136. The number of nitrogens with one attached hydrogen (secondary N) is 1. The summed E-state index contributed by atoms with van der Waals surface area (Å²) in [6.45, 7) is 0.301. The van der Waals surface area contributed by atoms with Crippen LogP contribution in [0, 0.1) is 11.6 Å². The molecule has 0 atom stereocenters. The third-order valence-electron chi connectivity index (χ3n) is 4.51. The highest BCUT2D eigenvalue weighted by atomic mass is 32.2. The molecule has 1 N–H and O–H groups in total. The Morgan fingerprint density at radius 1 is 1.19 bits per heavy atom. The second kappa shape index (κ2) is 9.49. The van der Waals surface area contributed by atoms with Crippen molar-refractivity contribution in [2.45, 2.75) is 11.7 Å². The molecule has 2 heterocycles. The van der Waals surface area contributed by atoms with Crippen LogP contribution >= 0.6 is 23.1 Å². The number of amides is 1. The molecular weight excluding hydrogens is 456 g/mol. The SMILES string of the molecule is COc1cccc(CNC(=O)CSc2nc3ccsc3c(=O)n2-c2cc(F)cc(F)c2)c1. The van der Waals surface area contributed by atoms with Gasteiger partial charge in [-0.05, 0) is 41.3 Å². The molecule has 0 saturated heterocycles. The highest BCUT2D eigenvalue weighted by Gasteiger charge is 2.17. The summed E-state index contributed by atoms with van der Waals surface area (Å²) in [5, 5.41) is 4.68. The Kier molecular flexibility index (Phi) is 6.52. The van der Waals surface area contributed by atoms with Gasteiger partial charge in [0.15, 0.2) is 5.16 Å². The van der Waals surface area contributed by atoms with Crippen molar-refractivity contribution in [2.24, 2.45) is 0 Å². The lowest BCUT2D eigenvalue weighted by Crippen LogP contribution is -2.26. The second-order valence-corrected chi connectivity index (χ2v) is 8.57. The molecule has 0 bridgehead atoms. The molecule has 10 heteroatoms. The maximum absolute atomic E-state index is 13.8. The predicted octanol–water partition coefficient (Wildman–Crippen LogP) is 4.14. The van der Waals surface area contributed by atoms with E-state index in [4.69, 9.17) is 4.74 Å². The summed E-state index contributed by atoms with van der Waals surface area (Å²) in [7, 11) is 1.57. The van der Waals surface area contributed by atoms with E-state index in [1.54, 1.807) is 18.6 Å². The highest BCUT2D eigenvalue weighted by Crippen LogP contribution is 2.24. The van der Waals surface area contributed by atoms with Crippen LogP contribution in [0.5, 0.6) is 5.75 Å². The van der Waals surface area contributed by atoms with Gasteiger partial charge < -0.3 is 10.1 Å². The first-order chi connectivity index (χ1) is 15.4. The quantitative estimate of drug-likeness (QED) is 0.323. The first-order valence-electron chi connectivity index (χ1n) is 9.44. The van der Waals surface area contributed by atoms with Crippen LogP contribution in [-0.2, 0) is 11.3 Å². The van der Waals surface area contributed by atoms with E-state index in [1.807, 2.05) is 24.3 Å². The molecular formula is C22H17F2N3O3S2. The highest BCUT2D eigenvalue weighted by molar-refractivity contribution is 7.99. The fourth-order valence-corrected chi connectivity index (χ4v) is 4.65. The standard InChI is InChI=1S/C22H17F2N3O3S2/c1-30-17-4-2-3-13(7-17)11-25-19(28)12-32-22-26-18-5-6-31-20(18)21(29)27(22)16-9-14(23)8-15(24)10-16/h2-10H,11-12H2,1H3,(H,25,28). The molecule has 2 aromatic carbocycles. The van der Waals surface area contributed by atoms with E-state index in [0.29, 0.717) is 22.5 Å². The molecule has 32 heavy (non-hydrogen) atoms. The van der Waals surface area contributed by atoms with Gasteiger partial charge in [-0.25, -0.2) is 13.8 Å². The van der Waals surface area contributed by atoms with Crippen LogP contribution in [0.3, 0.4) is 0 Å². The molecule has 0 aliphatic heterocycles. The lowest BCUT2D eigenvalue weighted by molar-refractivity contribution is -0.118. The molecule has 0 aliphatic carbocycles. The van der Waals surface area contributed by atoms with Gasteiger partial charge in [0.25, 0.3) is 5.56 Å².